The summed E-state index contributed by atoms with van der Waals surface area (Å²) in [6, 6.07) is 16.2. The fourth-order valence-corrected chi connectivity index (χ4v) is 2.71. The van der Waals surface area contributed by atoms with E-state index in [4.69, 9.17) is 16.3 Å². The van der Waals surface area contributed by atoms with E-state index in [-0.39, 0.29) is 10.6 Å². The van der Waals surface area contributed by atoms with E-state index in [0.717, 1.165) is 17.1 Å². The highest BCUT2D eigenvalue weighted by Gasteiger charge is 2.09. The van der Waals surface area contributed by atoms with Gasteiger partial charge in [-0.15, -0.1) is 0 Å². The molecule has 1 N–H and O–H groups in total. The minimum Gasteiger partial charge on any atom is -0.457 e. The van der Waals surface area contributed by atoms with E-state index in [0.29, 0.717) is 17.2 Å². The number of amides is 1. The van der Waals surface area contributed by atoms with E-state index in [1.165, 1.54) is 12.1 Å². The molecule has 0 aliphatic heterocycles. The van der Waals surface area contributed by atoms with Crippen LogP contribution in [0.25, 0.3) is 11.0 Å². The highest BCUT2D eigenvalue weighted by atomic mass is 35.5. The van der Waals surface area contributed by atoms with Crippen molar-refractivity contribution in [3.8, 4) is 11.5 Å². The van der Waals surface area contributed by atoms with E-state index in [1.807, 2.05) is 12.1 Å². The number of halogens is 2. The highest BCUT2D eigenvalue weighted by molar-refractivity contribution is 6.30. The zero-order chi connectivity index (χ0) is 19.5. The second-order valence-electron chi connectivity index (χ2n) is 5.92. The largest absolute Gasteiger partial charge is 0.457 e. The van der Waals surface area contributed by atoms with Crippen LogP contribution in [0.5, 0.6) is 11.5 Å². The van der Waals surface area contributed by atoms with Crippen molar-refractivity contribution < 1.29 is 13.9 Å². The van der Waals surface area contributed by atoms with Crippen molar-refractivity contribution in [3.05, 3.63) is 89.5 Å². The molecular formula is C21H13ClFN3O2. The van der Waals surface area contributed by atoms with Crippen molar-refractivity contribution in [3.63, 3.8) is 0 Å². The standard InChI is InChI=1S/C21H13ClFN3O2/c22-17-7-1-13(11-18(17)23)21(27)26-14-2-4-15(5-3-14)28-16-6-8-19-20(12-16)25-10-9-24-19/h1-12H,(H,26,27). The number of benzene rings is 3. The van der Waals surface area contributed by atoms with Crippen LogP contribution >= 0.6 is 11.6 Å². The number of hydrogen-bond donors (Lipinski definition) is 1. The molecule has 3 aromatic carbocycles. The molecule has 1 amide bonds. The molecule has 0 radical (unpaired) electrons. The third kappa shape index (κ3) is 3.92. The summed E-state index contributed by atoms with van der Waals surface area (Å²) in [5.74, 6) is 0.149. The number of anilines is 1. The molecule has 4 aromatic rings. The van der Waals surface area contributed by atoms with E-state index in [9.17, 15) is 9.18 Å². The maximum atomic E-state index is 13.5. The summed E-state index contributed by atoms with van der Waals surface area (Å²) in [6.45, 7) is 0. The molecule has 1 aromatic heterocycles. The summed E-state index contributed by atoms with van der Waals surface area (Å²) in [5, 5.41) is 2.67. The molecule has 0 bridgehead atoms. The van der Waals surface area contributed by atoms with Gasteiger partial charge in [-0.1, -0.05) is 11.6 Å². The number of ether oxygens (including phenoxy) is 1. The van der Waals surface area contributed by atoms with E-state index < -0.39 is 11.7 Å². The average Bonchev–Trinajstić information content (AvgIpc) is 2.71. The summed E-state index contributed by atoms with van der Waals surface area (Å²) >= 11 is 5.63. The van der Waals surface area contributed by atoms with Crippen molar-refractivity contribution >= 4 is 34.2 Å². The predicted octanol–water partition coefficient (Wildman–Crippen LogP) is 5.47. The van der Waals surface area contributed by atoms with E-state index in [1.54, 1.807) is 42.7 Å². The Bertz CT molecular complexity index is 1170. The molecule has 0 saturated carbocycles. The van der Waals surface area contributed by atoms with Gasteiger partial charge in [0.2, 0.25) is 0 Å². The SMILES string of the molecule is O=C(Nc1ccc(Oc2ccc3nccnc3c2)cc1)c1ccc(Cl)c(F)c1. The normalized spacial score (nSPS) is 10.6. The molecule has 28 heavy (non-hydrogen) atoms. The number of rotatable bonds is 4. The summed E-state index contributed by atoms with van der Waals surface area (Å²) in [6.07, 6.45) is 3.25. The van der Waals surface area contributed by atoms with Crippen LogP contribution in [0.15, 0.2) is 73.1 Å². The van der Waals surface area contributed by atoms with Crippen LogP contribution < -0.4 is 10.1 Å². The Kier molecular flexibility index (Phi) is 4.87. The maximum absolute atomic E-state index is 13.5. The third-order valence-electron chi connectivity index (χ3n) is 3.97. The summed E-state index contributed by atoms with van der Waals surface area (Å²) in [4.78, 5) is 20.7. The molecule has 0 atom stereocenters. The lowest BCUT2D eigenvalue weighted by Crippen LogP contribution is -2.12. The van der Waals surface area contributed by atoms with E-state index >= 15 is 0 Å². The lowest BCUT2D eigenvalue weighted by Gasteiger charge is -2.09. The van der Waals surface area contributed by atoms with Gasteiger partial charge in [-0.25, -0.2) is 4.39 Å². The van der Waals surface area contributed by atoms with Gasteiger partial charge in [0.25, 0.3) is 5.91 Å². The number of fused-ring (bicyclic) bond motifs is 1. The van der Waals surface area contributed by atoms with Gasteiger partial charge in [0, 0.05) is 29.7 Å². The molecule has 4 rings (SSSR count). The zero-order valence-electron chi connectivity index (χ0n) is 14.4. The first kappa shape index (κ1) is 17.9. The molecule has 0 aliphatic carbocycles. The monoisotopic (exact) mass is 393 g/mol. The number of carbonyl (C=O) groups is 1. The maximum Gasteiger partial charge on any atom is 0.255 e. The number of aromatic nitrogens is 2. The summed E-state index contributed by atoms with van der Waals surface area (Å²) in [5.41, 5.74) is 2.25. The van der Waals surface area contributed by atoms with E-state index in [2.05, 4.69) is 15.3 Å². The van der Waals surface area contributed by atoms with Crippen LogP contribution in [0, 0.1) is 5.82 Å². The second-order valence-corrected chi connectivity index (χ2v) is 6.32. The number of nitrogens with one attached hydrogen (secondary N) is 1. The Hall–Kier alpha value is -3.51. The molecule has 5 nitrogen and oxygen atoms in total. The molecule has 0 fully saturated rings. The fraction of sp³-hybridized carbons (Fsp3) is 0. The Labute approximate surface area is 164 Å². The topological polar surface area (TPSA) is 64.1 Å². The lowest BCUT2D eigenvalue weighted by molar-refractivity contribution is 0.102. The van der Waals surface area contributed by atoms with Gasteiger partial charge in [0.15, 0.2) is 0 Å². The van der Waals surface area contributed by atoms with Gasteiger partial charge in [-0.05, 0) is 54.6 Å². The highest BCUT2D eigenvalue weighted by Crippen LogP contribution is 2.25. The molecule has 138 valence electrons. The third-order valence-corrected chi connectivity index (χ3v) is 4.28. The van der Waals surface area contributed by atoms with Gasteiger partial charge in [-0.2, -0.15) is 0 Å². The van der Waals surface area contributed by atoms with Gasteiger partial charge >= 0.3 is 0 Å². The van der Waals surface area contributed by atoms with Crippen molar-refractivity contribution in [1.29, 1.82) is 0 Å². The first-order chi connectivity index (χ1) is 13.6. The van der Waals surface area contributed by atoms with Crippen molar-refractivity contribution in [2.24, 2.45) is 0 Å². The molecule has 0 saturated heterocycles. The number of nitrogens with zero attached hydrogens (tertiary/aromatic N) is 2. The van der Waals surface area contributed by atoms with Crippen molar-refractivity contribution in [2.45, 2.75) is 0 Å². The van der Waals surface area contributed by atoms with Crippen LogP contribution in [0.2, 0.25) is 5.02 Å². The molecule has 0 unspecified atom stereocenters. The van der Waals surface area contributed by atoms with Gasteiger partial charge in [-0.3, -0.25) is 14.8 Å². The molecular weight excluding hydrogens is 381 g/mol. The van der Waals surface area contributed by atoms with Crippen LogP contribution in [-0.2, 0) is 0 Å². The van der Waals surface area contributed by atoms with Crippen molar-refractivity contribution in [1.82, 2.24) is 9.97 Å². The van der Waals surface area contributed by atoms with Crippen LogP contribution in [0.1, 0.15) is 10.4 Å². The summed E-state index contributed by atoms with van der Waals surface area (Å²) < 4.78 is 19.3. The smallest absolute Gasteiger partial charge is 0.255 e. The molecule has 1 heterocycles. The van der Waals surface area contributed by atoms with Crippen molar-refractivity contribution in [2.75, 3.05) is 5.32 Å². The Balaban J connectivity index is 1.45. The first-order valence-corrected chi connectivity index (χ1v) is 8.71. The fourth-order valence-electron chi connectivity index (χ4n) is 2.59. The lowest BCUT2D eigenvalue weighted by atomic mass is 10.2. The average molecular weight is 394 g/mol. The number of carbonyl (C=O) groups excluding carboxylic acids is 1. The first-order valence-electron chi connectivity index (χ1n) is 8.33. The Morgan fingerprint density at radius 1 is 0.893 bits per heavy atom. The van der Waals surface area contributed by atoms with Crippen LogP contribution in [0.3, 0.4) is 0 Å². The minimum atomic E-state index is -0.641. The predicted molar refractivity (Wildman–Crippen MR) is 105 cm³/mol. The quantitative estimate of drug-likeness (QED) is 0.499. The Morgan fingerprint density at radius 2 is 1.61 bits per heavy atom. The molecule has 0 aliphatic rings. The van der Waals surface area contributed by atoms with Gasteiger partial charge in [0.05, 0.1) is 16.1 Å². The molecule has 7 heteroatoms. The Morgan fingerprint density at radius 3 is 2.36 bits per heavy atom. The zero-order valence-corrected chi connectivity index (χ0v) is 15.2. The van der Waals surface area contributed by atoms with Crippen LogP contribution in [-0.4, -0.2) is 15.9 Å². The van der Waals surface area contributed by atoms with Gasteiger partial charge < -0.3 is 10.1 Å². The van der Waals surface area contributed by atoms with Gasteiger partial charge in [0.1, 0.15) is 17.3 Å². The minimum absolute atomic E-state index is 0.0299. The number of hydrogen-bond acceptors (Lipinski definition) is 4. The molecule has 0 spiro atoms. The second kappa shape index (κ2) is 7.62. The van der Waals surface area contributed by atoms with Crippen LogP contribution in [0.4, 0.5) is 10.1 Å². The summed E-state index contributed by atoms with van der Waals surface area (Å²) in [7, 11) is 0.